The molecular weight excluding hydrogens is 354 g/mol. The Morgan fingerprint density at radius 1 is 1.32 bits per heavy atom. The summed E-state index contributed by atoms with van der Waals surface area (Å²) in [5.41, 5.74) is -4.26. The van der Waals surface area contributed by atoms with Gasteiger partial charge >= 0.3 is 6.18 Å². The van der Waals surface area contributed by atoms with Crippen LogP contribution in [0.3, 0.4) is 0 Å². The molecule has 0 radical (unpaired) electrons. The Morgan fingerprint density at radius 3 is 2.56 bits per heavy atom. The maximum atomic E-state index is 13.5. The molecule has 4 N–H and O–H groups in total. The van der Waals surface area contributed by atoms with Crippen molar-refractivity contribution in [2.75, 3.05) is 6.61 Å². The molecule has 12 heteroatoms. The van der Waals surface area contributed by atoms with Crippen molar-refractivity contribution in [3.63, 3.8) is 0 Å². The number of halogens is 4. The molecule has 1 aliphatic rings. The first-order valence-electron chi connectivity index (χ1n) is 6.68. The summed E-state index contributed by atoms with van der Waals surface area (Å²) in [4.78, 5) is 20.2. The zero-order chi connectivity index (χ0) is 18.5. The smallest absolute Gasteiger partial charge is 0.438 e. The van der Waals surface area contributed by atoms with Crippen LogP contribution in [0.4, 0.5) is 17.6 Å². The van der Waals surface area contributed by atoms with Crippen LogP contribution in [0, 0.1) is 5.95 Å². The average Bonchev–Trinajstić information content (AvgIpc) is 2.81. The average molecular weight is 363 g/mol. The quantitative estimate of drug-likeness (QED) is 0.577. The Balaban J connectivity index is 2.11. The molecule has 0 saturated heterocycles. The summed E-state index contributed by atoms with van der Waals surface area (Å²) in [6.07, 6.45) is -8.26. The lowest BCUT2D eigenvalue weighted by atomic mass is 10.1. The largest absolute Gasteiger partial charge is 0.506 e. The van der Waals surface area contributed by atoms with E-state index in [0.29, 0.717) is 0 Å². The molecule has 2 aromatic rings. The number of hydrogen-bond acceptors (Lipinski definition) is 7. The first kappa shape index (κ1) is 17.1. The molecule has 0 spiro atoms. The molecule has 0 aliphatic carbocycles. The summed E-state index contributed by atoms with van der Waals surface area (Å²) in [6.45, 7) is -0.756. The molecule has 1 unspecified atom stereocenters. The molecule has 0 amide bonds. The molecule has 0 bridgehead atoms. The predicted octanol–water partition coefficient (Wildman–Crippen LogP) is 0.670. The number of pyridine rings is 1. The van der Waals surface area contributed by atoms with Crippen molar-refractivity contribution < 1.29 is 37.6 Å². The molecule has 3 heterocycles. The van der Waals surface area contributed by atoms with Gasteiger partial charge in [-0.05, 0) is 6.07 Å². The molecule has 134 valence electrons. The number of aliphatic hydroxyl groups excluding tert-OH is 3. The summed E-state index contributed by atoms with van der Waals surface area (Å²) >= 11 is 0. The molecule has 0 saturated carbocycles. The van der Waals surface area contributed by atoms with Gasteiger partial charge in [0.15, 0.2) is 29.4 Å². The Bertz CT molecular complexity index is 940. The van der Waals surface area contributed by atoms with Gasteiger partial charge in [0.2, 0.25) is 11.6 Å². The van der Waals surface area contributed by atoms with Crippen molar-refractivity contribution in [1.29, 1.82) is 0 Å². The third-order valence-electron chi connectivity index (χ3n) is 3.51. The van der Waals surface area contributed by atoms with Crippen LogP contribution in [0.1, 0.15) is 17.4 Å². The van der Waals surface area contributed by atoms with Crippen molar-refractivity contribution in [1.82, 2.24) is 15.0 Å². The number of nitrogens with zero attached hydrogens (tertiary/aromatic N) is 2. The number of hydrogen-bond donors (Lipinski definition) is 4. The van der Waals surface area contributed by atoms with Crippen LogP contribution in [0.25, 0.3) is 11.2 Å². The number of nitrogens with one attached hydrogen (secondary N) is 1. The van der Waals surface area contributed by atoms with Crippen LogP contribution in [0.15, 0.2) is 22.4 Å². The molecule has 25 heavy (non-hydrogen) atoms. The SMILES string of the molecule is O=c1[nH]c2nc(C(F)(F)F)c(F)nc2cc1[C@@H]1OC(CO)=C(O)C1O. The van der Waals surface area contributed by atoms with E-state index in [9.17, 15) is 32.6 Å². The van der Waals surface area contributed by atoms with E-state index in [4.69, 9.17) is 9.84 Å². The van der Waals surface area contributed by atoms with E-state index in [1.807, 2.05) is 4.98 Å². The Hall–Kier alpha value is -2.73. The lowest BCUT2D eigenvalue weighted by molar-refractivity contribution is -0.143. The minimum absolute atomic E-state index is 0.344. The van der Waals surface area contributed by atoms with Crippen LogP contribution < -0.4 is 5.56 Å². The summed E-state index contributed by atoms with van der Waals surface area (Å²) in [6, 6.07) is 0.881. The van der Waals surface area contributed by atoms with Crippen molar-refractivity contribution in [3.05, 3.63) is 45.1 Å². The van der Waals surface area contributed by atoms with Gasteiger partial charge in [-0.1, -0.05) is 0 Å². The lowest BCUT2D eigenvalue weighted by Gasteiger charge is -2.15. The van der Waals surface area contributed by atoms with Crippen molar-refractivity contribution >= 4 is 11.2 Å². The second-order valence-corrected chi connectivity index (χ2v) is 5.10. The minimum atomic E-state index is -5.10. The maximum Gasteiger partial charge on any atom is 0.438 e. The van der Waals surface area contributed by atoms with Gasteiger partial charge in [-0.15, -0.1) is 0 Å². The molecule has 0 fully saturated rings. The molecule has 1 aliphatic heterocycles. The number of aliphatic hydroxyl groups is 3. The van der Waals surface area contributed by atoms with E-state index < -0.39 is 59.1 Å². The topological polar surface area (TPSA) is 129 Å². The van der Waals surface area contributed by atoms with Crippen molar-refractivity contribution in [3.8, 4) is 0 Å². The van der Waals surface area contributed by atoms with Crippen LogP contribution in [-0.2, 0) is 10.9 Å². The van der Waals surface area contributed by atoms with Gasteiger partial charge < -0.3 is 25.0 Å². The van der Waals surface area contributed by atoms with Crippen LogP contribution in [-0.4, -0.2) is 43.0 Å². The van der Waals surface area contributed by atoms with E-state index in [1.54, 1.807) is 0 Å². The van der Waals surface area contributed by atoms with E-state index in [-0.39, 0.29) is 11.3 Å². The van der Waals surface area contributed by atoms with Crippen LogP contribution in [0.5, 0.6) is 0 Å². The standard InChI is InChI=1S/C13H9F4N3O5/c14-10-9(13(15,16)17)19-11-4(18-10)1-3(12(24)20-11)8-7(23)6(22)5(2-21)25-8/h1,7-8,21-23H,2H2,(H,19,20,24)/t7?,8-/m0/s1. The van der Waals surface area contributed by atoms with E-state index in [1.165, 1.54) is 0 Å². The lowest BCUT2D eigenvalue weighted by Crippen LogP contribution is -2.25. The van der Waals surface area contributed by atoms with Gasteiger partial charge in [0.05, 0.1) is 5.56 Å². The minimum Gasteiger partial charge on any atom is -0.506 e. The zero-order valence-electron chi connectivity index (χ0n) is 12.0. The fourth-order valence-corrected chi connectivity index (χ4v) is 2.34. The van der Waals surface area contributed by atoms with E-state index >= 15 is 0 Å². The second kappa shape index (κ2) is 5.67. The van der Waals surface area contributed by atoms with Gasteiger partial charge in [-0.25, -0.2) is 9.97 Å². The monoisotopic (exact) mass is 363 g/mol. The summed E-state index contributed by atoms with van der Waals surface area (Å²) in [7, 11) is 0. The molecule has 0 aromatic carbocycles. The molecule has 2 aromatic heterocycles. The summed E-state index contributed by atoms with van der Waals surface area (Å²) < 4.78 is 56.5. The molecule has 2 atom stereocenters. The van der Waals surface area contributed by atoms with Crippen molar-refractivity contribution in [2.45, 2.75) is 18.4 Å². The predicted molar refractivity (Wildman–Crippen MR) is 71.7 cm³/mol. The first-order valence-corrected chi connectivity index (χ1v) is 6.68. The third-order valence-corrected chi connectivity index (χ3v) is 3.51. The number of ether oxygens (including phenoxy) is 1. The van der Waals surface area contributed by atoms with E-state index in [2.05, 4.69) is 9.97 Å². The highest BCUT2D eigenvalue weighted by molar-refractivity contribution is 5.70. The highest BCUT2D eigenvalue weighted by atomic mass is 19.4. The Morgan fingerprint density at radius 2 is 2.00 bits per heavy atom. The molecular formula is C13H9F4N3O5. The van der Waals surface area contributed by atoms with Gasteiger partial charge in [0.25, 0.3) is 5.56 Å². The van der Waals surface area contributed by atoms with Gasteiger partial charge in [-0.2, -0.15) is 17.6 Å². The third kappa shape index (κ3) is 2.78. The van der Waals surface area contributed by atoms with Crippen LogP contribution >= 0.6 is 0 Å². The maximum absolute atomic E-state index is 13.5. The second-order valence-electron chi connectivity index (χ2n) is 5.10. The first-order chi connectivity index (χ1) is 11.6. The highest BCUT2D eigenvalue weighted by Crippen LogP contribution is 2.34. The normalized spacial score (nSPS) is 21.0. The summed E-state index contributed by atoms with van der Waals surface area (Å²) in [5, 5.41) is 28.4. The number of rotatable bonds is 2. The highest BCUT2D eigenvalue weighted by Gasteiger charge is 2.40. The fraction of sp³-hybridized carbons (Fsp3) is 0.308. The number of fused-ring (bicyclic) bond motifs is 1. The van der Waals surface area contributed by atoms with Gasteiger partial charge in [-0.3, -0.25) is 4.79 Å². The molecule has 8 nitrogen and oxygen atoms in total. The summed E-state index contributed by atoms with van der Waals surface area (Å²) in [5.74, 6) is -2.96. The van der Waals surface area contributed by atoms with Gasteiger partial charge in [0, 0.05) is 0 Å². The zero-order valence-corrected chi connectivity index (χ0v) is 12.0. The number of H-pyrrole nitrogens is 1. The number of aromatic amines is 1. The number of aromatic nitrogens is 3. The van der Waals surface area contributed by atoms with Gasteiger partial charge in [0.1, 0.15) is 12.1 Å². The van der Waals surface area contributed by atoms with Crippen molar-refractivity contribution in [2.24, 2.45) is 0 Å². The molecule has 3 rings (SSSR count). The van der Waals surface area contributed by atoms with Crippen LogP contribution in [0.2, 0.25) is 0 Å². The van der Waals surface area contributed by atoms with E-state index in [0.717, 1.165) is 6.07 Å². The number of alkyl halides is 3. The Labute approximate surface area is 135 Å². The fourth-order valence-electron chi connectivity index (χ4n) is 2.34. The Kier molecular flexibility index (Phi) is 3.88.